The number of methoxy groups -OCH3 is 1. The summed E-state index contributed by atoms with van der Waals surface area (Å²) in [7, 11) is -9.03. The van der Waals surface area contributed by atoms with Gasteiger partial charge < -0.3 is 14.8 Å². The first-order chi connectivity index (χ1) is 16.6. The zero-order valence-electron chi connectivity index (χ0n) is 19.8. The maximum Gasteiger partial charge on any atom is 0.325 e. The van der Waals surface area contributed by atoms with Gasteiger partial charge in [0.25, 0.3) is 0 Å². The number of nitrogens with zero attached hydrogens (tertiary/aromatic N) is 3. The highest BCUT2D eigenvalue weighted by atomic mass is 35.5. The molecule has 16 heteroatoms. The molecule has 1 aromatic carbocycles. The predicted octanol–water partition coefficient (Wildman–Crippen LogP) is 6.67. The quantitative estimate of drug-likeness (QED) is 0.283. The smallest absolute Gasteiger partial charge is 0.325 e. The number of hydrogen-bond donors (Lipinski definition) is 1. The molecule has 0 unspecified atom stereocenters. The second-order valence-electron chi connectivity index (χ2n) is 9.31. The van der Waals surface area contributed by atoms with Gasteiger partial charge in [-0.3, -0.25) is 9.59 Å². The third-order valence-electron chi connectivity index (χ3n) is 5.26. The maximum absolute atomic E-state index is 13.4. The fourth-order valence-electron chi connectivity index (χ4n) is 3.65. The maximum atomic E-state index is 13.4. The van der Waals surface area contributed by atoms with Gasteiger partial charge in [0.15, 0.2) is 5.69 Å². The number of anilines is 1. The van der Waals surface area contributed by atoms with E-state index >= 15 is 0 Å². The molecule has 0 atom stereocenters. The lowest BCUT2D eigenvalue weighted by Crippen LogP contribution is -2.29. The Morgan fingerprint density at radius 1 is 1.19 bits per heavy atom. The van der Waals surface area contributed by atoms with Crippen LogP contribution in [-0.4, -0.2) is 41.0 Å². The normalized spacial score (nSPS) is 16.7. The number of esters is 2. The molecule has 1 saturated carbocycles. The number of benzene rings is 1. The number of halogens is 7. The fourth-order valence-corrected chi connectivity index (χ4v) is 5.11. The van der Waals surface area contributed by atoms with Gasteiger partial charge in [0, 0.05) is 0 Å². The summed E-state index contributed by atoms with van der Waals surface area (Å²) in [6, 6.07) is 1.76. The van der Waals surface area contributed by atoms with Crippen LogP contribution in [0.3, 0.4) is 0 Å². The summed E-state index contributed by atoms with van der Waals surface area (Å²) in [6.07, 6.45) is 0.456. The summed E-state index contributed by atoms with van der Waals surface area (Å²) < 4.78 is 77.8. The molecule has 1 aliphatic rings. The lowest BCUT2D eigenvalue weighted by Gasteiger charge is -2.40. The molecule has 3 rings (SSSR count). The van der Waals surface area contributed by atoms with Gasteiger partial charge in [0.2, 0.25) is 0 Å². The Morgan fingerprint density at radius 2 is 1.73 bits per heavy atom. The number of carbonyl (C=O) groups excluding carboxylic acids is 2. The van der Waals surface area contributed by atoms with Crippen molar-refractivity contribution < 1.29 is 38.5 Å². The van der Waals surface area contributed by atoms with Crippen LogP contribution in [0.4, 0.5) is 25.2 Å². The third-order valence-corrected chi connectivity index (χ3v) is 6.97. The minimum absolute atomic E-state index is 0.0113. The van der Waals surface area contributed by atoms with Crippen LogP contribution in [0.2, 0.25) is 10.0 Å². The molecule has 0 spiro atoms. The number of rotatable bonds is 7. The molecule has 1 aliphatic carbocycles. The monoisotopic (exact) mass is 590 g/mol. The van der Waals surface area contributed by atoms with Gasteiger partial charge in [-0.1, -0.05) is 42.6 Å². The zero-order chi connectivity index (χ0) is 28.3. The third kappa shape index (κ3) is 5.89. The largest absolute Gasteiger partial charge is 0.468 e. The van der Waals surface area contributed by atoms with Crippen molar-refractivity contribution in [2.45, 2.75) is 49.5 Å². The summed E-state index contributed by atoms with van der Waals surface area (Å²) in [5.41, 5.74) is -3.08. The Morgan fingerprint density at radius 3 is 2.14 bits per heavy atom. The molecule has 0 radical (unpaired) electrons. The molecule has 204 valence electrons. The molecule has 1 aromatic heterocycles. The SMILES string of the molecule is COC(=O)C1(c2c(C#N)nn(-c3c(Cl)cc(S(F)(F)(F)(F)F)cc3Cl)c2NCC(=O)OC(C)(C)C)CC1. The van der Waals surface area contributed by atoms with Gasteiger partial charge in [-0.05, 0) is 45.7 Å². The van der Waals surface area contributed by atoms with E-state index in [1.54, 1.807) is 26.8 Å². The van der Waals surface area contributed by atoms with Crippen LogP contribution in [-0.2, 0) is 24.5 Å². The van der Waals surface area contributed by atoms with Crippen molar-refractivity contribution in [3.63, 3.8) is 0 Å². The number of nitriles is 1. The molecule has 1 fully saturated rings. The Bertz CT molecular complexity index is 1320. The van der Waals surface area contributed by atoms with Crippen molar-refractivity contribution in [3.05, 3.63) is 33.4 Å². The average molecular weight is 591 g/mol. The molecule has 1 heterocycles. The Balaban J connectivity index is 2.25. The van der Waals surface area contributed by atoms with Gasteiger partial charge in [-0.2, -0.15) is 10.4 Å². The van der Waals surface area contributed by atoms with Crippen LogP contribution in [0.1, 0.15) is 44.9 Å². The standard InChI is InChI=1S/C21H21Cl2F5N4O4S/c1-20(2,3)36-15(33)10-30-18-16(21(5-6-21)19(34)35-4)14(9-29)31-32(18)17-12(22)7-11(8-13(17)23)37(24,25,26,27)28/h7-8,30H,5-6,10H2,1-4H3. The van der Waals surface area contributed by atoms with E-state index in [2.05, 4.69) is 10.4 Å². The number of carbonyl (C=O) groups is 2. The van der Waals surface area contributed by atoms with Gasteiger partial charge >= 0.3 is 22.2 Å². The van der Waals surface area contributed by atoms with Crippen LogP contribution in [0.15, 0.2) is 17.0 Å². The lowest BCUT2D eigenvalue weighted by molar-refractivity contribution is -0.152. The van der Waals surface area contributed by atoms with E-state index < -0.39 is 60.4 Å². The van der Waals surface area contributed by atoms with E-state index in [0.29, 0.717) is 0 Å². The van der Waals surface area contributed by atoms with Gasteiger partial charge in [-0.15, -0.1) is 0 Å². The first kappa shape index (κ1) is 28.8. The predicted molar refractivity (Wildman–Crippen MR) is 127 cm³/mol. The molecule has 1 N–H and O–H groups in total. The Kier molecular flexibility index (Phi) is 6.52. The van der Waals surface area contributed by atoms with E-state index in [0.717, 1.165) is 11.8 Å². The highest BCUT2D eigenvalue weighted by Crippen LogP contribution is 3.02. The van der Waals surface area contributed by atoms with Gasteiger partial charge in [0.05, 0.1) is 28.1 Å². The molecule has 0 aliphatic heterocycles. The Labute approximate surface area is 218 Å². The lowest BCUT2D eigenvalue weighted by atomic mass is 9.95. The molecular weight excluding hydrogens is 570 g/mol. The molecule has 2 aromatic rings. The second-order valence-corrected chi connectivity index (χ2v) is 12.5. The zero-order valence-corrected chi connectivity index (χ0v) is 22.1. The van der Waals surface area contributed by atoms with Crippen LogP contribution in [0.25, 0.3) is 5.69 Å². The molecule has 0 amide bonds. The molecule has 37 heavy (non-hydrogen) atoms. The van der Waals surface area contributed by atoms with Crippen LogP contribution in [0.5, 0.6) is 0 Å². The van der Waals surface area contributed by atoms with Crippen LogP contribution >= 0.6 is 33.4 Å². The van der Waals surface area contributed by atoms with E-state index in [9.17, 15) is 34.3 Å². The number of aromatic nitrogens is 2. The summed E-state index contributed by atoms with van der Waals surface area (Å²) >= 11 is 12.0. The fraction of sp³-hybridized carbons (Fsp3) is 0.429. The van der Waals surface area contributed by atoms with Crippen molar-refractivity contribution in [2.75, 3.05) is 19.0 Å². The number of nitrogens with one attached hydrogen (secondary N) is 1. The molecule has 0 bridgehead atoms. The summed E-state index contributed by atoms with van der Waals surface area (Å²) in [5.74, 6) is -1.69. The van der Waals surface area contributed by atoms with Crippen LogP contribution < -0.4 is 5.32 Å². The van der Waals surface area contributed by atoms with Crippen molar-refractivity contribution in [3.8, 4) is 11.8 Å². The first-order valence-electron chi connectivity index (χ1n) is 10.4. The highest BCUT2D eigenvalue weighted by molar-refractivity contribution is 8.45. The van der Waals surface area contributed by atoms with Crippen molar-refractivity contribution >= 4 is 51.2 Å². The molecule has 0 saturated heterocycles. The average Bonchev–Trinajstić information content (AvgIpc) is 3.44. The van der Waals surface area contributed by atoms with E-state index in [-0.39, 0.29) is 42.0 Å². The minimum Gasteiger partial charge on any atom is -0.468 e. The van der Waals surface area contributed by atoms with Gasteiger partial charge in [0.1, 0.15) is 34.6 Å². The van der Waals surface area contributed by atoms with E-state index in [1.807, 2.05) is 0 Å². The summed E-state index contributed by atoms with van der Waals surface area (Å²) in [5, 5.41) is 14.7. The van der Waals surface area contributed by atoms with Crippen molar-refractivity contribution in [1.82, 2.24) is 9.78 Å². The van der Waals surface area contributed by atoms with Crippen LogP contribution in [0, 0.1) is 11.3 Å². The number of ether oxygens (including phenoxy) is 2. The highest BCUT2D eigenvalue weighted by Gasteiger charge is 2.66. The molecule has 8 nitrogen and oxygen atoms in total. The second kappa shape index (κ2) is 8.37. The van der Waals surface area contributed by atoms with E-state index in [4.69, 9.17) is 32.7 Å². The first-order valence-corrected chi connectivity index (χ1v) is 13.2. The summed E-state index contributed by atoms with van der Waals surface area (Å²) in [4.78, 5) is 22.6. The Hall–Kier alpha value is -2.76. The summed E-state index contributed by atoms with van der Waals surface area (Å²) in [6.45, 7) is 4.32. The topological polar surface area (TPSA) is 106 Å². The minimum atomic E-state index is -10.2. The van der Waals surface area contributed by atoms with Crippen molar-refractivity contribution in [1.29, 1.82) is 5.26 Å². The van der Waals surface area contributed by atoms with Gasteiger partial charge in [-0.25, -0.2) is 4.68 Å². The van der Waals surface area contributed by atoms with Crippen molar-refractivity contribution in [2.24, 2.45) is 0 Å². The molecular formula is C21H21Cl2F5N4O4S. The number of hydrogen-bond acceptors (Lipinski definition) is 7. The van der Waals surface area contributed by atoms with E-state index in [1.165, 1.54) is 0 Å².